The van der Waals surface area contributed by atoms with Crippen LogP contribution in [0.1, 0.15) is 43.5 Å². The number of aromatic nitrogens is 2. The van der Waals surface area contributed by atoms with E-state index < -0.39 is 0 Å². The zero-order chi connectivity index (χ0) is 16.2. The van der Waals surface area contributed by atoms with Crippen LogP contribution in [-0.2, 0) is 13.1 Å². The molecule has 0 bridgehead atoms. The van der Waals surface area contributed by atoms with Gasteiger partial charge in [-0.15, -0.1) is 0 Å². The van der Waals surface area contributed by atoms with Crippen LogP contribution >= 0.6 is 0 Å². The Kier molecular flexibility index (Phi) is 4.61. The molecule has 0 saturated heterocycles. The average molecular weight is 319 g/mol. The Hall–Kier alpha value is -2.13. The topological polar surface area (TPSA) is 29.9 Å². The van der Waals surface area contributed by atoms with Crippen molar-refractivity contribution in [3.63, 3.8) is 0 Å². The lowest BCUT2D eigenvalue weighted by Crippen LogP contribution is -2.31. The largest absolute Gasteiger partial charge is 0.322 e. The van der Waals surface area contributed by atoms with Gasteiger partial charge in [-0.25, -0.2) is 4.98 Å². The lowest BCUT2D eigenvalue weighted by molar-refractivity contribution is 0.367. The van der Waals surface area contributed by atoms with Crippen LogP contribution in [0.25, 0.3) is 11.0 Å². The van der Waals surface area contributed by atoms with Gasteiger partial charge < -0.3 is 9.88 Å². The first-order chi connectivity index (χ1) is 11.9. The van der Waals surface area contributed by atoms with Crippen molar-refractivity contribution in [2.45, 2.75) is 51.2 Å². The van der Waals surface area contributed by atoms with E-state index in [0.29, 0.717) is 6.04 Å². The Morgan fingerprint density at radius 2 is 1.67 bits per heavy atom. The highest BCUT2D eigenvalue weighted by Gasteiger charge is 2.15. The van der Waals surface area contributed by atoms with Crippen LogP contribution in [0.3, 0.4) is 0 Å². The highest BCUT2D eigenvalue weighted by atomic mass is 15.1. The Balaban J connectivity index is 1.60. The van der Waals surface area contributed by atoms with Gasteiger partial charge in [-0.05, 0) is 30.5 Å². The third-order valence-corrected chi connectivity index (χ3v) is 5.07. The molecule has 1 fully saturated rings. The number of hydrogen-bond acceptors (Lipinski definition) is 2. The summed E-state index contributed by atoms with van der Waals surface area (Å²) < 4.78 is 2.36. The first-order valence-electron chi connectivity index (χ1n) is 9.11. The highest BCUT2D eigenvalue weighted by Crippen LogP contribution is 2.20. The zero-order valence-corrected chi connectivity index (χ0v) is 14.1. The third kappa shape index (κ3) is 3.36. The molecule has 0 aliphatic heterocycles. The molecule has 3 nitrogen and oxygen atoms in total. The van der Waals surface area contributed by atoms with Crippen LogP contribution in [0.2, 0.25) is 0 Å². The number of hydrogen-bond donors (Lipinski definition) is 1. The summed E-state index contributed by atoms with van der Waals surface area (Å²) in [4.78, 5) is 4.89. The van der Waals surface area contributed by atoms with Gasteiger partial charge in [-0.3, -0.25) is 0 Å². The number of nitrogens with one attached hydrogen (secondary N) is 1. The fraction of sp³-hybridized carbons (Fsp3) is 0.381. The second kappa shape index (κ2) is 7.18. The first-order valence-corrected chi connectivity index (χ1v) is 9.11. The molecule has 24 heavy (non-hydrogen) atoms. The first kappa shape index (κ1) is 15.4. The van der Waals surface area contributed by atoms with Crippen molar-refractivity contribution < 1.29 is 0 Å². The highest BCUT2D eigenvalue weighted by molar-refractivity contribution is 5.76. The van der Waals surface area contributed by atoms with E-state index >= 15 is 0 Å². The van der Waals surface area contributed by atoms with E-state index in [4.69, 9.17) is 4.98 Å². The van der Waals surface area contributed by atoms with Crippen LogP contribution in [0.15, 0.2) is 54.6 Å². The summed E-state index contributed by atoms with van der Waals surface area (Å²) in [5, 5.41) is 3.74. The SMILES string of the molecule is c1ccc(Cn2c(CNC3CCCCC3)nc3ccccc32)cc1. The Morgan fingerprint density at radius 3 is 2.50 bits per heavy atom. The number of rotatable bonds is 5. The molecule has 2 aromatic carbocycles. The van der Waals surface area contributed by atoms with Gasteiger partial charge in [0.05, 0.1) is 17.6 Å². The predicted octanol–water partition coefficient (Wildman–Crippen LogP) is 4.51. The van der Waals surface area contributed by atoms with Gasteiger partial charge in [0.25, 0.3) is 0 Å². The lowest BCUT2D eigenvalue weighted by atomic mass is 9.95. The molecule has 0 unspecified atom stereocenters. The normalized spacial score (nSPS) is 15.8. The maximum atomic E-state index is 4.89. The van der Waals surface area contributed by atoms with Crippen LogP contribution in [0.4, 0.5) is 0 Å². The average Bonchev–Trinajstić information content (AvgIpc) is 2.99. The van der Waals surface area contributed by atoms with E-state index in [-0.39, 0.29) is 0 Å². The van der Waals surface area contributed by atoms with Crippen LogP contribution in [-0.4, -0.2) is 15.6 Å². The molecule has 0 amide bonds. The molecule has 3 aromatic rings. The zero-order valence-electron chi connectivity index (χ0n) is 14.1. The number of para-hydroxylation sites is 2. The molecule has 1 aromatic heterocycles. The maximum absolute atomic E-state index is 4.89. The smallest absolute Gasteiger partial charge is 0.124 e. The van der Waals surface area contributed by atoms with Gasteiger partial charge in [-0.2, -0.15) is 0 Å². The minimum absolute atomic E-state index is 0.656. The summed E-state index contributed by atoms with van der Waals surface area (Å²) in [6, 6.07) is 19.8. The Morgan fingerprint density at radius 1 is 0.917 bits per heavy atom. The van der Waals surface area contributed by atoms with Gasteiger partial charge in [-0.1, -0.05) is 61.7 Å². The van der Waals surface area contributed by atoms with E-state index in [1.54, 1.807) is 0 Å². The van der Waals surface area contributed by atoms with E-state index in [0.717, 1.165) is 24.4 Å². The van der Waals surface area contributed by atoms with E-state index in [1.807, 2.05) is 0 Å². The molecular formula is C21H25N3. The molecule has 1 aliphatic carbocycles. The predicted molar refractivity (Wildman–Crippen MR) is 99.0 cm³/mol. The molecule has 0 spiro atoms. The van der Waals surface area contributed by atoms with Crippen LogP contribution < -0.4 is 5.32 Å². The molecule has 0 atom stereocenters. The Bertz CT molecular complexity index is 785. The van der Waals surface area contributed by atoms with Crippen molar-refractivity contribution >= 4 is 11.0 Å². The molecule has 0 radical (unpaired) electrons. The summed E-state index contributed by atoms with van der Waals surface area (Å²) in [5.74, 6) is 1.14. The second-order valence-corrected chi connectivity index (χ2v) is 6.80. The fourth-order valence-electron chi connectivity index (χ4n) is 3.75. The molecule has 1 heterocycles. The Labute approximate surface area is 143 Å². The summed E-state index contributed by atoms with van der Waals surface area (Å²) in [5.41, 5.74) is 3.63. The monoisotopic (exact) mass is 319 g/mol. The fourth-order valence-corrected chi connectivity index (χ4v) is 3.75. The van der Waals surface area contributed by atoms with Crippen molar-refractivity contribution in [2.24, 2.45) is 0 Å². The van der Waals surface area contributed by atoms with E-state index in [1.165, 1.54) is 43.2 Å². The second-order valence-electron chi connectivity index (χ2n) is 6.80. The number of benzene rings is 2. The van der Waals surface area contributed by atoms with Crippen LogP contribution in [0, 0.1) is 0 Å². The van der Waals surface area contributed by atoms with Gasteiger partial charge in [0, 0.05) is 12.6 Å². The molecular weight excluding hydrogens is 294 g/mol. The quantitative estimate of drug-likeness (QED) is 0.750. The maximum Gasteiger partial charge on any atom is 0.124 e. The summed E-state index contributed by atoms with van der Waals surface area (Å²) in [7, 11) is 0. The van der Waals surface area contributed by atoms with Crippen molar-refractivity contribution in [1.29, 1.82) is 0 Å². The van der Waals surface area contributed by atoms with Gasteiger partial charge in [0.2, 0.25) is 0 Å². The van der Waals surface area contributed by atoms with E-state index in [2.05, 4.69) is 64.5 Å². The third-order valence-electron chi connectivity index (χ3n) is 5.07. The minimum atomic E-state index is 0.656. The molecule has 124 valence electrons. The summed E-state index contributed by atoms with van der Waals surface area (Å²) in [6.07, 6.45) is 6.72. The summed E-state index contributed by atoms with van der Waals surface area (Å²) in [6.45, 7) is 1.73. The van der Waals surface area contributed by atoms with Crippen molar-refractivity contribution in [3.05, 3.63) is 66.0 Å². The minimum Gasteiger partial charge on any atom is -0.322 e. The molecule has 1 saturated carbocycles. The number of imidazole rings is 1. The van der Waals surface area contributed by atoms with Crippen molar-refractivity contribution in [1.82, 2.24) is 14.9 Å². The molecule has 4 rings (SSSR count). The van der Waals surface area contributed by atoms with E-state index in [9.17, 15) is 0 Å². The number of nitrogens with zero attached hydrogens (tertiary/aromatic N) is 2. The van der Waals surface area contributed by atoms with Gasteiger partial charge >= 0.3 is 0 Å². The van der Waals surface area contributed by atoms with Gasteiger partial charge in [0.1, 0.15) is 5.82 Å². The number of fused-ring (bicyclic) bond motifs is 1. The summed E-state index contributed by atoms with van der Waals surface area (Å²) >= 11 is 0. The molecule has 3 heteroatoms. The standard InChI is InChI=1S/C21H25N3/c1-3-9-17(10-4-1)16-24-20-14-8-7-13-19(20)23-21(24)15-22-18-11-5-2-6-12-18/h1,3-4,7-10,13-14,18,22H,2,5-6,11-12,15-16H2. The van der Waals surface area contributed by atoms with Crippen LogP contribution in [0.5, 0.6) is 0 Å². The molecule has 1 N–H and O–H groups in total. The molecule has 1 aliphatic rings. The van der Waals surface area contributed by atoms with Crippen molar-refractivity contribution in [3.8, 4) is 0 Å². The van der Waals surface area contributed by atoms with Crippen molar-refractivity contribution in [2.75, 3.05) is 0 Å². The lowest BCUT2D eigenvalue weighted by Gasteiger charge is -2.23. The van der Waals surface area contributed by atoms with Gasteiger partial charge in [0.15, 0.2) is 0 Å².